The second kappa shape index (κ2) is 2.14. The molecule has 0 amide bonds. The zero-order valence-corrected chi connectivity index (χ0v) is 2.89. The van der Waals surface area contributed by atoms with Crippen molar-refractivity contribution in [1.29, 1.82) is 0 Å². The van der Waals surface area contributed by atoms with E-state index in [0.717, 1.165) is 0 Å². The molecule has 3 heteroatoms. The fourth-order valence-electron chi connectivity index (χ4n) is 0. The van der Waals surface area contributed by atoms with Gasteiger partial charge in [-0.2, -0.15) is 0 Å². The molecule has 0 spiro atoms. The van der Waals surface area contributed by atoms with Crippen LogP contribution in [0.1, 0.15) is 0 Å². The van der Waals surface area contributed by atoms with Crippen LogP contribution in [0, 0.1) is 0 Å². The summed E-state index contributed by atoms with van der Waals surface area (Å²) < 4.78 is 0. The molecule has 0 unspecified atom stereocenters. The van der Waals surface area contributed by atoms with Crippen molar-refractivity contribution < 1.29 is 5.11 Å². The van der Waals surface area contributed by atoms with Gasteiger partial charge in [-0.15, -0.1) is 0 Å². The van der Waals surface area contributed by atoms with Crippen LogP contribution in [0.25, 0.3) is 0 Å². The van der Waals surface area contributed by atoms with Gasteiger partial charge < -0.3 is 16.6 Å². The first-order chi connectivity index (χ1) is 2.27. The number of nitrogens with two attached hydrogens (primary N) is 2. The Hall–Kier alpha value is -0.120. The van der Waals surface area contributed by atoms with Gasteiger partial charge in [-0.1, -0.05) is 0 Å². The van der Waals surface area contributed by atoms with Gasteiger partial charge in [0.1, 0.15) is 6.23 Å². The van der Waals surface area contributed by atoms with Crippen LogP contribution in [0.2, 0.25) is 0 Å². The molecule has 0 aliphatic carbocycles. The highest BCUT2D eigenvalue weighted by Crippen LogP contribution is 1.51. The van der Waals surface area contributed by atoms with Crippen molar-refractivity contribution in [2.45, 2.75) is 6.23 Å². The summed E-state index contributed by atoms with van der Waals surface area (Å²) in [4.78, 5) is 0. The summed E-state index contributed by atoms with van der Waals surface area (Å²) in [5.74, 6) is 0. The fourth-order valence-corrected chi connectivity index (χ4v) is 0. The van der Waals surface area contributed by atoms with Crippen LogP contribution in [-0.2, 0) is 0 Å². The van der Waals surface area contributed by atoms with Crippen molar-refractivity contribution in [3.63, 3.8) is 0 Å². The molecule has 0 bridgehead atoms. The first-order valence-corrected chi connectivity index (χ1v) is 1.41. The van der Waals surface area contributed by atoms with Crippen LogP contribution in [0.15, 0.2) is 0 Å². The van der Waals surface area contributed by atoms with Crippen molar-refractivity contribution in [3.8, 4) is 0 Å². The molecule has 0 heterocycles. The lowest BCUT2D eigenvalue weighted by atomic mass is 10.6. The minimum absolute atomic E-state index is 0.139. The van der Waals surface area contributed by atoms with E-state index in [1.807, 2.05) is 0 Å². The second-order valence-electron chi connectivity index (χ2n) is 0.803. The van der Waals surface area contributed by atoms with Crippen LogP contribution < -0.4 is 11.5 Å². The maximum absolute atomic E-state index is 8.01. The molecule has 0 fully saturated rings. The molecule has 5 heavy (non-hydrogen) atoms. The third kappa shape index (κ3) is 3.88. The summed E-state index contributed by atoms with van der Waals surface area (Å²) >= 11 is 0. The molecule has 0 aromatic heterocycles. The summed E-state index contributed by atoms with van der Waals surface area (Å²) in [6.45, 7) is 0.139. The second-order valence-corrected chi connectivity index (χ2v) is 0.803. The van der Waals surface area contributed by atoms with Gasteiger partial charge in [0.2, 0.25) is 0 Å². The highest BCUT2D eigenvalue weighted by atomic mass is 16.3. The van der Waals surface area contributed by atoms with Gasteiger partial charge in [-0.05, 0) is 0 Å². The predicted molar refractivity (Wildman–Crippen MR) is 19.2 cm³/mol. The molecule has 3 nitrogen and oxygen atoms in total. The Balaban J connectivity index is 2.54. The lowest BCUT2D eigenvalue weighted by Crippen LogP contribution is -2.28. The number of hydrogen-bond donors (Lipinski definition) is 3. The van der Waals surface area contributed by atoms with E-state index >= 15 is 0 Å². The lowest BCUT2D eigenvalue weighted by Gasteiger charge is -1.91. The SMILES string of the molecule is NC[C@@H](N)O. The Morgan fingerprint density at radius 2 is 2.00 bits per heavy atom. The third-order valence-electron chi connectivity index (χ3n) is 0.241. The number of rotatable bonds is 1. The third-order valence-corrected chi connectivity index (χ3v) is 0.241. The highest BCUT2D eigenvalue weighted by molar-refractivity contribution is 4.37. The average molecular weight is 76.1 g/mol. The van der Waals surface area contributed by atoms with Crippen LogP contribution in [0.3, 0.4) is 0 Å². The van der Waals surface area contributed by atoms with Gasteiger partial charge in [0, 0.05) is 6.54 Å². The molecule has 0 saturated carbocycles. The zero-order valence-electron chi connectivity index (χ0n) is 2.89. The van der Waals surface area contributed by atoms with Crippen molar-refractivity contribution in [3.05, 3.63) is 0 Å². The molecular formula is C2H8N2O. The molecule has 1 atom stereocenters. The summed E-state index contributed by atoms with van der Waals surface area (Å²) in [5.41, 5.74) is 9.52. The number of aliphatic hydroxyl groups excluding tert-OH is 1. The molecule has 0 aliphatic heterocycles. The highest BCUT2D eigenvalue weighted by Gasteiger charge is 1.81. The predicted octanol–water partition coefficient (Wildman–Crippen LogP) is -1.78. The van der Waals surface area contributed by atoms with Crippen molar-refractivity contribution in [2.75, 3.05) is 6.54 Å². The van der Waals surface area contributed by atoms with E-state index in [1.54, 1.807) is 0 Å². The number of aliphatic hydroxyl groups is 1. The summed E-state index contributed by atoms with van der Waals surface area (Å²) in [6, 6.07) is 0. The molecule has 0 aromatic carbocycles. The van der Waals surface area contributed by atoms with Crippen molar-refractivity contribution >= 4 is 0 Å². The van der Waals surface area contributed by atoms with Crippen molar-refractivity contribution in [1.82, 2.24) is 0 Å². The average Bonchev–Trinajstić information content (AvgIpc) is 1.38. The van der Waals surface area contributed by atoms with E-state index in [1.165, 1.54) is 0 Å². The van der Waals surface area contributed by atoms with Gasteiger partial charge in [0.25, 0.3) is 0 Å². The van der Waals surface area contributed by atoms with Crippen LogP contribution in [-0.4, -0.2) is 17.9 Å². The van der Waals surface area contributed by atoms with Gasteiger partial charge in [-0.25, -0.2) is 0 Å². The first-order valence-electron chi connectivity index (χ1n) is 1.41. The maximum atomic E-state index is 8.01. The Morgan fingerprint density at radius 3 is 2.00 bits per heavy atom. The van der Waals surface area contributed by atoms with E-state index in [9.17, 15) is 0 Å². The Labute approximate surface area is 30.6 Å². The lowest BCUT2D eigenvalue weighted by molar-refractivity contribution is 0.191. The van der Waals surface area contributed by atoms with Crippen LogP contribution in [0.4, 0.5) is 0 Å². The quantitative estimate of drug-likeness (QED) is 0.323. The standard InChI is InChI=1S/C2H8N2O/c3-1-2(4)5/h2,5H,1,3-4H2/t2-/m0/s1. The molecular weight excluding hydrogens is 68.0 g/mol. The molecule has 0 radical (unpaired) electrons. The van der Waals surface area contributed by atoms with E-state index < -0.39 is 6.23 Å². The van der Waals surface area contributed by atoms with Crippen molar-refractivity contribution in [2.24, 2.45) is 11.5 Å². The first kappa shape index (κ1) is 4.88. The summed E-state index contributed by atoms with van der Waals surface area (Å²) in [6.07, 6.45) is -0.838. The van der Waals surface area contributed by atoms with E-state index in [-0.39, 0.29) is 6.54 Å². The molecule has 0 aliphatic rings. The van der Waals surface area contributed by atoms with E-state index in [2.05, 4.69) is 0 Å². The van der Waals surface area contributed by atoms with Gasteiger partial charge in [-0.3, -0.25) is 0 Å². The van der Waals surface area contributed by atoms with E-state index in [4.69, 9.17) is 16.6 Å². The molecule has 0 rings (SSSR count). The smallest absolute Gasteiger partial charge is 0.114 e. The minimum atomic E-state index is -0.838. The largest absolute Gasteiger partial charge is 0.377 e. The van der Waals surface area contributed by atoms with Crippen LogP contribution >= 0.6 is 0 Å². The molecule has 32 valence electrons. The molecule has 0 saturated heterocycles. The van der Waals surface area contributed by atoms with Crippen LogP contribution in [0.5, 0.6) is 0 Å². The Kier molecular flexibility index (Phi) is 2.09. The molecule has 0 aromatic rings. The monoisotopic (exact) mass is 76.1 g/mol. The minimum Gasteiger partial charge on any atom is -0.377 e. The zero-order chi connectivity index (χ0) is 4.28. The normalized spacial score (nSPS) is 15.0. The number of hydrogen-bond acceptors (Lipinski definition) is 3. The van der Waals surface area contributed by atoms with E-state index in [0.29, 0.717) is 0 Å². The maximum Gasteiger partial charge on any atom is 0.114 e. The fraction of sp³-hybridized carbons (Fsp3) is 1.00. The Morgan fingerprint density at radius 1 is 1.80 bits per heavy atom. The molecule has 5 N–H and O–H groups in total. The van der Waals surface area contributed by atoms with Gasteiger partial charge in [0.15, 0.2) is 0 Å². The summed E-state index contributed by atoms with van der Waals surface area (Å²) in [7, 11) is 0. The van der Waals surface area contributed by atoms with Gasteiger partial charge >= 0.3 is 0 Å². The van der Waals surface area contributed by atoms with Gasteiger partial charge in [0.05, 0.1) is 0 Å². The topological polar surface area (TPSA) is 72.3 Å². The Bertz CT molecular complexity index is 21.6. The summed E-state index contributed by atoms with van der Waals surface area (Å²) in [5, 5.41) is 8.01.